The molecule has 2 bridgehead atoms. The van der Waals surface area contributed by atoms with Gasteiger partial charge in [0.1, 0.15) is 6.54 Å². The van der Waals surface area contributed by atoms with E-state index >= 15 is 0 Å². The van der Waals surface area contributed by atoms with Gasteiger partial charge in [-0.05, 0) is 61.8 Å². The van der Waals surface area contributed by atoms with E-state index in [1.54, 1.807) is 4.90 Å². The molecule has 162 valence electrons. The summed E-state index contributed by atoms with van der Waals surface area (Å²) in [6.45, 7) is 6.11. The van der Waals surface area contributed by atoms with Crippen LogP contribution in [-0.2, 0) is 14.4 Å². The van der Waals surface area contributed by atoms with Crippen molar-refractivity contribution in [3.05, 3.63) is 42.6 Å². The lowest BCUT2D eigenvalue weighted by atomic mass is 9.85. The highest BCUT2D eigenvalue weighted by Crippen LogP contribution is 2.52. The van der Waals surface area contributed by atoms with Gasteiger partial charge in [-0.25, -0.2) is 0 Å². The second kappa shape index (κ2) is 7.36. The molecule has 2 aromatic rings. The third-order valence-electron chi connectivity index (χ3n) is 7.19. The number of allylic oxidation sites excluding steroid dienone is 2. The summed E-state index contributed by atoms with van der Waals surface area (Å²) < 4.78 is 0. The van der Waals surface area contributed by atoms with Gasteiger partial charge in [-0.3, -0.25) is 19.3 Å². The number of aromatic nitrogens is 1. The molecule has 5 atom stereocenters. The van der Waals surface area contributed by atoms with Crippen molar-refractivity contribution in [3.63, 3.8) is 0 Å². The van der Waals surface area contributed by atoms with Crippen LogP contribution in [0.5, 0.6) is 0 Å². The van der Waals surface area contributed by atoms with Gasteiger partial charge in [0.05, 0.1) is 11.8 Å². The molecule has 2 fully saturated rings. The first-order valence-electron chi connectivity index (χ1n) is 11.3. The van der Waals surface area contributed by atoms with Crippen molar-refractivity contribution in [2.75, 3.05) is 11.4 Å². The lowest BCUT2D eigenvalue weighted by Gasteiger charge is -2.32. The van der Waals surface area contributed by atoms with Gasteiger partial charge in [0.2, 0.25) is 17.7 Å². The molecule has 1 aromatic heterocycles. The van der Waals surface area contributed by atoms with Crippen molar-refractivity contribution >= 4 is 34.3 Å². The zero-order valence-electron chi connectivity index (χ0n) is 18.2. The van der Waals surface area contributed by atoms with E-state index in [2.05, 4.69) is 31.0 Å². The lowest BCUT2D eigenvalue weighted by molar-refractivity contribution is -0.143. The van der Waals surface area contributed by atoms with Crippen LogP contribution in [0.4, 0.5) is 5.69 Å². The van der Waals surface area contributed by atoms with Crippen LogP contribution in [0.2, 0.25) is 0 Å². The van der Waals surface area contributed by atoms with Crippen molar-refractivity contribution in [2.45, 2.75) is 39.7 Å². The number of rotatable bonds is 6. The molecule has 6 heteroatoms. The van der Waals surface area contributed by atoms with Crippen LogP contribution in [-0.4, -0.2) is 40.2 Å². The number of nitrogens with zero attached hydrogens (tertiary/aromatic N) is 2. The standard InChI is InChI=1S/C25H29N3O3/c1-14(2)10-15(3)28(19-6-7-20-16(12-19)8-9-26-20)21(29)13-27-24(30)22-17-4-5-18(11-17)23(22)25(27)31/h4-9,12,14-15,17-18,22-23,26H,10-11,13H2,1-3H3. The number of hydrogen-bond acceptors (Lipinski definition) is 3. The number of H-pyrrole nitrogens is 1. The highest BCUT2D eigenvalue weighted by Gasteiger charge is 2.59. The molecular weight excluding hydrogens is 390 g/mol. The SMILES string of the molecule is CC(C)CC(C)N(C(=O)CN1C(=O)C2C3C=CC(C3)C2C1=O)c1ccc2[nH]ccc2c1. The Hall–Kier alpha value is -2.89. The number of aromatic amines is 1. The minimum Gasteiger partial charge on any atom is -0.361 e. The van der Waals surface area contributed by atoms with Crippen LogP contribution < -0.4 is 4.90 Å². The molecule has 0 spiro atoms. The minimum absolute atomic E-state index is 0.0472. The van der Waals surface area contributed by atoms with E-state index in [0.717, 1.165) is 29.4 Å². The summed E-state index contributed by atoms with van der Waals surface area (Å²) in [6, 6.07) is 7.82. The molecular formula is C25H29N3O3. The maximum absolute atomic E-state index is 13.5. The molecule has 2 heterocycles. The predicted molar refractivity (Wildman–Crippen MR) is 119 cm³/mol. The number of carbonyl (C=O) groups excluding carboxylic acids is 3. The first kappa shape index (κ1) is 20.0. The maximum atomic E-state index is 13.5. The molecule has 1 saturated carbocycles. The summed E-state index contributed by atoms with van der Waals surface area (Å²) in [5.74, 6) is -0.365. The molecule has 3 aliphatic rings. The molecule has 3 amide bonds. The number of imide groups is 1. The molecule has 2 aliphatic carbocycles. The third-order valence-corrected chi connectivity index (χ3v) is 7.19. The summed E-state index contributed by atoms with van der Waals surface area (Å²) in [6.07, 6.45) is 7.75. The Morgan fingerprint density at radius 3 is 2.42 bits per heavy atom. The molecule has 31 heavy (non-hydrogen) atoms. The van der Waals surface area contributed by atoms with Gasteiger partial charge in [-0.2, -0.15) is 0 Å². The highest BCUT2D eigenvalue weighted by atomic mass is 16.2. The largest absolute Gasteiger partial charge is 0.361 e. The zero-order valence-corrected chi connectivity index (χ0v) is 18.2. The molecule has 1 N–H and O–H groups in total. The van der Waals surface area contributed by atoms with E-state index in [1.165, 1.54) is 4.90 Å². The minimum atomic E-state index is -0.270. The number of nitrogens with one attached hydrogen (secondary N) is 1. The summed E-state index contributed by atoms with van der Waals surface area (Å²) in [5, 5.41) is 1.03. The third kappa shape index (κ3) is 3.20. The highest BCUT2D eigenvalue weighted by molar-refractivity contribution is 6.10. The number of benzene rings is 1. The Morgan fingerprint density at radius 2 is 1.77 bits per heavy atom. The van der Waals surface area contributed by atoms with Crippen LogP contribution in [0.3, 0.4) is 0 Å². The first-order chi connectivity index (χ1) is 14.8. The Balaban J connectivity index is 1.42. The van der Waals surface area contributed by atoms with Crippen LogP contribution in [0.25, 0.3) is 10.9 Å². The van der Waals surface area contributed by atoms with Gasteiger partial charge in [0, 0.05) is 28.8 Å². The van der Waals surface area contributed by atoms with Gasteiger partial charge >= 0.3 is 0 Å². The number of fused-ring (bicyclic) bond motifs is 6. The van der Waals surface area contributed by atoms with Gasteiger partial charge in [-0.1, -0.05) is 26.0 Å². The van der Waals surface area contributed by atoms with Crippen LogP contribution >= 0.6 is 0 Å². The Labute approximate surface area is 182 Å². The van der Waals surface area contributed by atoms with Gasteiger partial charge in [0.15, 0.2) is 0 Å². The Morgan fingerprint density at radius 1 is 1.10 bits per heavy atom. The van der Waals surface area contributed by atoms with E-state index in [9.17, 15) is 14.4 Å². The molecule has 6 nitrogen and oxygen atoms in total. The van der Waals surface area contributed by atoms with Crippen LogP contribution in [0, 0.1) is 29.6 Å². The average molecular weight is 420 g/mol. The zero-order chi connectivity index (χ0) is 21.9. The monoisotopic (exact) mass is 419 g/mol. The number of carbonyl (C=O) groups is 3. The van der Waals surface area contributed by atoms with E-state index in [0.29, 0.717) is 5.92 Å². The normalized spacial score (nSPS) is 27.5. The summed E-state index contributed by atoms with van der Waals surface area (Å²) in [7, 11) is 0. The number of anilines is 1. The fraction of sp³-hybridized carbons (Fsp3) is 0.480. The molecule has 5 unspecified atom stereocenters. The Kier molecular flexibility index (Phi) is 4.76. The molecule has 0 radical (unpaired) electrons. The molecule has 1 aliphatic heterocycles. The van der Waals surface area contributed by atoms with Gasteiger partial charge in [-0.15, -0.1) is 0 Å². The van der Waals surface area contributed by atoms with Crippen molar-refractivity contribution in [1.29, 1.82) is 0 Å². The lowest BCUT2D eigenvalue weighted by Crippen LogP contribution is -2.47. The Bertz CT molecular complexity index is 1050. The fourth-order valence-corrected chi connectivity index (χ4v) is 5.95. The quantitative estimate of drug-likeness (QED) is 0.573. The van der Waals surface area contributed by atoms with Crippen LogP contribution in [0.1, 0.15) is 33.6 Å². The first-order valence-corrected chi connectivity index (χ1v) is 11.3. The molecule has 5 rings (SSSR count). The molecule has 1 aromatic carbocycles. The van der Waals surface area contributed by atoms with Gasteiger partial charge < -0.3 is 9.88 Å². The van der Waals surface area contributed by atoms with Crippen molar-refractivity contribution in [2.24, 2.45) is 29.6 Å². The summed E-state index contributed by atoms with van der Waals surface area (Å²) >= 11 is 0. The van der Waals surface area contributed by atoms with E-state index < -0.39 is 0 Å². The van der Waals surface area contributed by atoms with Crippen molar-refractivity contribution in [1.82, 2.24) is 9.88 Å². The maximum Gasteiger partial charge on any atom is 0.247 e. The van der Waals surface area contributed by atoms with E-state index in [4.69, 9.17) is 0 Å². The number of likely N-dealkylation sites (tertiary alicyclic amines) is 1. The van der Waals surface area contributed by atoms with Crippen molar-refractivity contribution < 1.29 is 14.4 Å². The second-order valence-electron chi connectivity index (χ2n) is 9.75. The topological polar surface area (TPSA) is 73.5 Å². The number of hydrogen-bond donors (Lipinski definition) is 1. The summed E-state index contributed by atoms with van der Waals surface area (Å²) in [5.41, 5.74) is 1.81. The predicted octanol–water partition coefficient (Wildman–Crippen LogP) is 3.74. The van der Waals surface area contributed by atoms with E-state index in [1.807, 2.05) is 37.4 Å². The smallest absolute Gasteiger partial charge is 0.247 e. The number of amides is 3. The average Bonchev–Trinajstić information content (AvgIpc) is 3.48. The van der Waals surface area contributed by atoms with Crippen molar-refractivity contribution in [3.8, 4) is 0 Å². The fourth-order valence-electron chi connectivity index (χ4n) is 5.95. The summed E-state index contributed by atoms with van der Waals surface area (Å²) in [4.78, 5) is 45.9. The second-order valence-corrected chi connectivity index (χ2v) is 9.75. The van der Waals surface area contributed by atoms with Crippen LogP contribution in [0.15, 0.2) is 42.6 Å². The van der Waals surface area contributed by atoms with E-state index in [-0.39, 0.29) is 54.0 Å². The van der Waals surface area contributed by atoms with Gasteiger partial charge in [0.25, 0.3) is 0 Å². The molecule has 1 saturated heterocycles.